The first-order chi connectivity index (χ1) is 13.5. The predicted molar refractivity (Wildman–Crippen MR) is 112 cm³/mol. The zero-order valence-electron chi connectivity index (χ0n) is 15.9. The molecule has 2 heteroatoms. The Morgan fingerprint density at radius 1 is 0.714 bits per heavy atom. The van der Waals surface area contributed by atoms with Gasteiger partial charge in [0, 0.05) is 27.5 Å². The van der Waals surface area contributed by atoms with Crippen LogP contribution in [-0.2, 0) is 0 Å². The second-order valence-corrected chi connectivity index (χ2v) is 8.06. The first-order valence-corrected chi connectivity index (χ1v) is 9.51. The lowest BCUT2D eigenvalue weighted by Gasteiger charge is -2.56. The van der Waals surface area contributed by atoms with Gasteiger partial charge in [-0.3, -0.25) is 9.59 Å². The molecule has 0 saturated carbocycles. The normalized spacial score (nSPS) is 29.0. The monoisotopic (exact) mass is 364 g/mol. The molecule has 2 atom stereocenters. The second-order valence-electron chi connectivity index (χ2n) is 8.06. The van der Waals surface area contributed by atoms with E-state index in [-0.39, 0.29) is 10.8 Å². The molecule has 1 aromatic carbocycles. The van der Waals surface area contributed by atoms with Gasteiger partial charge >= 0.3 is 0 Å². The minimum absolute atomic E-state index is 0.133. The molecule has 0 aliphatic heterocycles. The number of hydrogen-bond acceptors (Lipinski definition) is 2. The zero-order chi connectivity index (χ0) is 19.5. The van der Waals surface area contributed by atoms with Gasteiger partial charge in [-0.2, -0.15) is 0 Å². The lowest BCUT2D eigenvalue weighted by Crippen LogP contribution is -2.47. The minimum atomic E-state index is -0.191. The van der Waals surface area contributed by atoms with Gasteiger partial charge in [0.1, 0.15) is 0 Å². The minimum Gasteiger partial charge on any atom is -0.298 e. The number of carbonyl (C=O) groups excluding carboxylic acids is 2. The summed E-state index contributed by atoms with van der Waals surface area (Å²) in [4.78, 5) is 23.3. The summed E-state index contributed by atoms with van der Waals surface area (Å²) in [5, 5.41) is 0. The van der Waals surface area contributed by atoms with E-state index in [1.165, 1.54) is 22.3 Å². The molecule has 0 N–H and O–H groups in total. The average molecular weight is 364 g/mol. The Morgan fingerprint density at radius 3 is 2.04 bits per heavy atom. The van der Waals surface area contributed by atoms with Gasteiger partial charge in [0.2, 0.25) is 0 Å². The molecule has 136 valence electrons. The topological polar surface area (TPSA) is 34.1 Å². The number of allylic oxidation sites excluding steroid dienone is 14. The van der Waals surface area contributed by atoms with E-state index >= 15 is 0 Å². The third kappa shape index (κ3) is 1.87. The summed E-state index contributed by atoms with van der Waals surface area (Å²) in [7, 11) is 0. The molecule has 0 heterocycles. The Labute approximate surface area is 164 Å². The van der Waals surface area contributed by atoms with Crippen LogP contribution in [0.1, 0.15) is 40.1 Å². The molecular weight excluding hydrogens is 344 g/mol. The van der Waals surface area contributed by atoms with E-state index < -0.39 is 0 Å². The standard InChI is InChI=1S/C26H20O2/c1-25-20-7-4-8-21(25)10-12-23-14-19(13-22(11-9-20)26(23,25)2)24-17(15-27)5-3-6-18(24)16-28/h3-16H,1-2H3. The van der Waals surface area contributed by atoms with E-state index in [4.69, 9.17) is 0 Å². The quantitative estimate of drug-likeness (QED) is 0.656. The summed E-state index contributed by atoms with van der Waals surface area (Å²) >= 11 is 0. The summed E-state index contributed by atoms with van der Waals surface area (Å²) in [6.07, 6.45) is 21.2. The fourth-order valence-electron chi connectivity index (χ4n) is 5.24. The van der Waals surface area contributed by atoms with Gasteiger partial charge in [0.25, 0.3) is 0 Å². The van der Waals surface area contributed by atoms with Gasteiger partial charge in [-0.1, -0.05) is 86.7 Å². The molecule has 0 spiro atoms. The van der Waals surface area contributed by atoms with Crippen molar-refractivity contribution < 1.29 is 9.59 Å². The lowest BCUT2D eigenvalue weighted by molar-refractivity contribution is 0.112. The van der Waals surface area contributed by atoms with Crippen LogP contribution in [0.5, 0.6) is 0 Å². The van der Waals surface area contributed by atoms with Crippen molar-refractivity contribution in [1.82, 2.24) is 0 Å². The first kappa shape index (κ1) is 16.9. The molecular formula is C26H20O2. The molecule has 28 heavy (non-hydrogen) atoms. The number of carbonyl (C=O) groups is 2. The Morgan fingerprint density at radius 2 is 1.32 bits per heavy atom. The molecule has 0 saturated heterocycles. The van der Waals surface area contributed by atoms with E-state index in [1.807, 2.05) is 0 Å². The van der Waals surface area contributed by atoms with Crippen LogP contribution in [0.15, 0.2) is 95.2 Å². The van der Waals surface area contributed by atoms with Crippen LogP contribution in [0, 0.1) is 10.8 Å². The van der Waals surface area contributed by atoms with Crippen molar-refractivity contribution in [3.05, 3.63) is 112 Å². The zero-order valence-corrected chi connectivity index (χ0v) is 15.9. The molecule has 2 nitrogen and oxygen atoms in total. The maximum Gasteiger partial charge on any atom is 0.150 e. The van der Waals surface area contributed by atoms with Gasteiger partial charge in [-0.25, -0.2) is 0 Å². The third-order valence-corrected chi connectivity index (χ3v) is 7.04. The molecule has 4 aliphatic rings. The maximum atomic E-state index is 11.7. The fraction of sp³-hybridized carbons (Fsp3) is 0.154. The van der Waals surface area contributed by atoms with Crippen LogP contribution in [0.3, 0.4) is 0 Å². The average Bonchev–Trinajstić information content (AvgIpc) is 2.71. The molecule has 4 aliphatic carbocycles. The summed E-state index contributed by atoms with van der Waals surface area (Å²) in [6.45, 7) is 4.61. The molecule has 0 aromatic heterocycles. The van der Waals surface area contributed by atoms with Crippen LogP contribution in [0.2, 0.25) is 0 Å². The maximum absolute atomic E-state index is 11.7. The van der Waals surface area contributed by atoms with Crippen molar-refractivity contribution in [2.45, 2.75) is 13.8 Å². The molecule has 2 unspecified atom stereocenters. The molecule has 0 radical (unpaired) electrons. The van der Waals surface area contributed by atoms with Gasteiger partial charge in [0.05, 0.1) is 0 Å². The van der Waals surface area contributed by atoms with Crippen molar-refractivity contribution in [3.63, 3.8) is 0 Å². The number of rotatable bonds is 3. The fourth-order valence-corrected chi connectivity index (χ4v) is 5.24. The number of benzene rings is 1. The summed E-state index contributed by atoms with van der Waals surface area (Å²) in [5.41, 5.74) is 7.40. The summed E-state index contributed by atoms with van der Waals surface area (Å²) in [6, 6.07) is 5.28. The van der Waals surface area contributed by atoms with Crippen LogP contribution >= 0.6 is 0 Å². The van der Waals surface area contributed by atoms with E-state index in [0.717, 1.165) is 18.1 Å². The second kappa shape index (κ2) is 5.62. The van der Waals surface area contributed by atoms with Crippen LogP contribution < -0.4 is 0 Å². The van der Waals surface area contributed by atoms with Crippen LogP contribution in [0.25, 0.3) is 5.57 Å². The van der Waals surface area contributed by atoms with Crippen molar-refractivity contribution in [1.29, 1.82) is 0 Å². The van der Waals surface area contributed by atoms with Crippen LogP contribution in [0.4, 0.5) is 0 Å². The highest BCUT2D eigenvalue weighted by Gasteiger charge is 2.55. The highest BCUT2D eigenvalue weighted by molar-refractivity contribution is 5.98. The van der Waals surface area contributed by atoms with Crippen molar-refractivity contribution in [2.24, 2.45) is 10.8 Å². The van der Waals surface area contributed by atoms with Gasteiger partial charge < -0.3 is 0 Å². The molecule has 0 bridgehead atoms. The molecule has 0 fully saturated rings. The highest BCUT2D eigenvalue weighted by atomic mass is 16.1. The summed E-state index contributed by atoms with van der Waals surface area (Å²) in [5.74, 6) is 0. The third-order valence-electron chi connectivity index (χ3n) is 7.04. The number of aldehydes is 2. The van der Waals surface area contributed by atoms with E-state index in [9.17, 15) is 9.59 Å². The lowest BCUT2D eigenvalue weighted by atomic mass is 9.46. The Hall–Kier alpha value is -3.26. The van der Waals surface area contributed by atoms with Crippen molar-refractivity contribution in [3.8, 4) is 0 Å². The smallest absolute Gasteiger partial charge is 0.150 e. The Balaban J connectivity index is 1.81. The summed E-state index contributed by atoms with van der Waals surface area (Å²) < 4.78 is 0. The number of hydrogen-bond donors (Lipinski definition) is 0. The predicted octanol–water partition coefficient (Wildman–Crippen LogP) is 5.58. The highest BCUT2D eigenvalue weighted by Crippen LogP contribution is 2.65. The van der Waals surface area contributed by atoms with E-state index in [1.54, 1.807) is 18.2 Å². The molecule has 0 amide bonds. The van der Waals surface area contributed by atoms with E-state index in [0.29, 0.717) is 16.7 Å². The van der Waals surface area contributed by atoms with Gasteiger partial charge in [0.15, 0.2) is 12.6 Å². The first-order valence-electron chi connectivity index (χ1n) is 9.51. The Kier molecular flexibility index (Phi) is 3.39. The SMILES string of the molecule is CC12C3=CC=CC1=CC=C1C=C(c4c(C=O)cccc4C=O)C=C(C=C3)C12C. The largest absolute Gasteiger partial charge is 0.298 e. The molecule has 1 aromatic rings. The van der Waals surface area contributed by atoms with Crippen molar-refractivity contribution >= 4 is 18.1 Å². The van der Waals surface area contributed by atoms with Gasteiger partial charge in [-0.05, 0) is 27.9 Å². The van der Waals surface area contributed by atoms with Crippen molar-refractivity contribution in [2.75, 3.05) is 0 Å². The van der Waals surface area contributed by atoms with E-state index in [2.05, 4.69) is 68.5 Å². The van der Waals surface area contributed by atoms with Crippen LogP contribution in [-0.4, -0.2) is 12.6 Å². The Bertz CT molecular complexity index is 1140. The van der Waals surface area contributed by atoms with Gasteiger partial charge in [-0.15, -0.1) is 0 Å². The molecule has 5 rings (SSSR count).